The molecule has 3 nitrogen and oxygen atoms in total. The van der Waals surface area contributed by atoms with Crippen LogP contribution in [0.2, 0.25) is 0 Å². The maximum atomic E-state index is 10.6. The van der Waals surface area contributed by atoms with Gasteiger partial charge in [-0.2, -0.15) is 4.57 Å². The van der Waals surface area contributed by atoms with Crippen molar-refractivity contribution in [1.29, 1.82) is 0 Å². The Morgan fingerprint density at radius 1 is 1.05 bits per heavy atom. The van der Waals surface area contributed by atoms with Crippen molar-refractivity contribution < 1.29 is 13.8 Å². The first-order valence-electron chi connectivity index (χ1n) is 6.68. The van der Waals surface area contributed by atoms with E-state index in [4.69, 9.17) is 4.42 Å². The molecule has 0 aliphatic carbocycles. The molecule has 3 aromatic rings. The lowest BCUT2D eigenvalue weighted by Gasteiger charge is -1.98. The van der Waals surface area contributed by atoms with E-state index in [2.05, 4.69) is 10.6 Å². The molecule has 2 aromatic carbocycles. The average molecular weight is 266 g/mol. The van der Waals surface area contributed by atoms with E-state index < -0.39 is 0 Å². The van der Waals surface area contributed by atoms with Crippen LogP contribution in [0.15, 0.2) is 52.9 Å². The van der Waals surface area contributed by atoms with E-state index in [1.54, 1.807) is 0 Å². The highest BCUT2D eigenvalue weighted by atomic mass is 16.4. The summed E-state index contributed by atoms with van der Waals surface area (Å²) in [6, 6.07) is 15.7. The summed E-state index contributed by atoms with van der Waals surface area (Å²) in [5.74, 6) is 0.964. The van der Waals surface area contributed by atoms with Crippen molar-refractivity contribution in [2.45, 2.75) is 12.8 Å². The lowest BCUT2D eigenvalue weighted by molar-refractivity contribution is -0.658. The number of aldehydes is 1. The molecule has 0 saturated heterocycles. The number of rotatable bonds is 4. The van der Waals surface area contributed by atoms with E-state index in [-0.39, 0.29) is 0 Å². The number of nitrogens with zero attached hydrogens (tertiary/aromatic N) is 1. The Morgan fingerprint density at radius 2 is 1.80 bits per heavy atom. The quantitative estimate of drug-likeness (QED) is 0.537. The van der Waals surface area contributed by atoms with Gasteiger partial charge in [0.25, 0.3) is 5.52 Å². The Kier molecular flexibility index (Phi) is 3.33. The molecular formula is C17H16NO2+. The summed E-state index contributed by atoms with van der Waals surface area (Å²) in [5.41, 5.74) is 3.94. The Hall–Kier alpha value is -2.42. The van der Waals surface area contributed by atoms with E-state index in [0.29, 0.717) is 5.56 Å². The van der Waals surface area contributed by atoms with Gasteiger partial charge in [0.15, 0.2) is 0 Å². The molecule has 100 valence electrons. The minimum Gasteiger partial charge on any atom is -0.401 e. The second-order valence-electron chi connectivity index (χ2n) is 4.88. The van der Waals surface area contributed by atoms with Gasteiger partial charge in [-0.05, 0) is 18.1 Å². The second kappa shape index (κ2) is 5.29. The molecule has 20 heavy (non-hydrogen) atoms. The van der Waals surface area contributed by atoms with E-state index in [1.807, 2.05) is 49.5 Å². The van der Waals surface area contributed by atoms with Crippen LogP contribution >= 0.6 is 0 Å². The van der Waals surface area contributed by atoms with Crippen LogP contribution in [0.1, 0.15) is 21.8 Å². The monoisotopic (exact) mass is 266 g/mol. The van der Waals surface area contributed by atoms with Crippen molar-refractivity contribution in [3.05, 3.63) is 65.5 Å². The standard InChI is InChI=1S/C17H16NO2/c1-18-15-4-2-3-5-16(15)20-17(18)11-10-13-6-8-14(12-19)9-7-13/h2-9,12H,10-11H2,1H3/q+1. The van der Waals surface area contributed by atoms with Gasteiger partial charge < -0.3 is 4.42 Å². The molecule has 0 radical (unpaired) electrons. The maximum Gasteiger partial charge on any atom is 0.348 e. The summed E-state index contributed by atoms with van der Waals surface area (Å²) < 4.78 is 7.96. The summed E-state index contributed by atoms with van der Waals surface area (Å²) >= 11 is 0. The Balaban J connectivity index is 1.79. The number of para-hydroxylation sites is 2. The maximum absolute atomic E-state index is 10.6. The van der Waals surface area contributed by atoms with Crippen LogP contribution < -0.4 is 4.57 Å². The number of aromatic nitrogens is 1. The van der Waals surface area contributed by atoms with Gasteiger partial charge in [0.2, 0.25) is 5.58 Å². The Labute approximate surface area is 117 Å². The van der Waals surface area contributed by atoms with Crippen molar-refractivity contribution in [3.8, 4) is 0 Å². The fourth-order valence-corrected chi connectivity index (χ4v) is 2.38. The lowest BCUT2D eigenvalue weighted by atomic mass is 10.1. The van der Waals surface area contributed by atoms with Gasteiger partial charge in [-0.1, -0.05) is 36.4 Å². The molecule has 0 unspecified atom stereocenters. The molecule has 1 aromatic heterocycles. The first-order valence-corrected chi connectivity index (χ1v) is 6.68. The van der Waals surface area contributed by atoms with E-state index in [0.717, 1.165) is 36.1 Å². The topological polar surface area (TPSA) is 34.1 Å². The smallest absolute Gasteiger partial charge is 0.348 e. The highest BCUT2D eigenvalue weighted by molar-refractivity contribution is 5.74. The third kappa shape index (κ3) is 2.35. The second-order valence-corrected chi connectivity index (χ2v) is 4.88. The summed E-state index contributed by atoms with van der Waals surface area (Å²) in [6.45, 7) is 0. The number of hydrogen-bond donors (Lipinski definition) is 0. The van der Waals surface area contributed by atoms with Crippen molar-refractivity contribution in [2.75, 3.05) is 0 Å². The van der Waals surface area contributed by atoms with Crippen LogP contribution in [0.25, 0.3) is 11.1 Å². The molecular weight excluding hydrogens is 250 g/mol. The fourth-order valence-electron chi connectivity index (χ4n) is 2.38. The summed E-state index contributed by atoms with van der Waals surface area (Å²) in [7, 11) is 2.02. The van der Waals surface area contributed by atoms with Crippen LogP contribution in [-0.2, 0) is 19.9 Å². The van der Waals surface area contributed by atoms with Gasteiger partial charge in [-0.25, -0.2) is 0 Å². The molecule has 0 amide bonds. The molecule has 3 rings (SSSR count). The molecule has 0 fully saturated rings. The first kappa shape index (κ1) is 12.6. The van der Waals surface area contributed by atoms with E-state index in [1.165, 1.54) is 5.56 Å². The van der Waals surface area contributed by atoms with Crippen molar-refractivity contribution >= 4 is 17.4 Å². The molecule has 0 aliphatic heterocycles. The van der Waals surface area contributed by atoms with Gasteiger partial charge in [-0.15, -0.1) is 0 Å². The molecule has 0 atom stereocenters. The van der Waals surface area contributed by atoms with Crippen molar-refractivity contribution in [1.82, 2.24) is 0 Å². The number of hydrogen-bond acceptors (Lipinski definition) is 2. The highest BCUT2D eigenvalue weighted by Gasteiger charge is 2.17. The minimum atomic E-state index is 0.711. The fraction of sp³-hybridized carbons (Fsp3) is 0.176. The minimum absolute atomic E-state index is 0.711. The highest BCUT2D eigenvalue weighted by Crippen LogP contribution is 2.14. The van der Waals surface area contributed by atoms with Gasteiger partial charge in [0, 0.05) is 11.6 Å². The largest absolute Gasteiger partial charge is 0.401 e. The van der Waals surface area contributed by atoms with Gasteiger partial charge in [-0.3, -0.25) is 4.79 Å². The summed E-state index contributed by atoms with van der Waals surface area (Å²) in [4.78, 5) is 10.6. The van der Waals surface area contributed by atoms with Crippen LogP contribution in [0.4, 0.5) is 0 Å². The molecule has 0 aliphatic rings. The SMILES string of the molecule is C[n+]1c(CCc2ccc(C=O)cc2)oc2ccccc21. The third-order valence-corrected chi connectivity index (χ3v) is 3.57. The zero-order chi connectivity index (χ0) is 13.9. The van der Waals surface area contributed by atoms with E-state index >= 15 is 0 Å². The summed E-state index contributed by atoms with van der Waals surface area (Å²) in [6.07, 6.45) is 2.60. The molecule has 0 N–H and O–H groups in total. The third-order valence-electron chi connectivity index (χ3n) is 3.57. The van der Waals surface area contributed by atoms with Crippen molar-refractivity contribution in [3.63, 3.8) is 0 Å². The van der Waals surface area contributed by atoms with Gasteiger partial charge >= 0.3 is 5.89 Å². The molecule has 0 saturated carbocycles. The van der Waals surface area contributed by atoms with Crippen LogP contribution in [0.5, 0.6) is 0 Å². The average Bonchev–Trinajstić information content (AvgIpc) is 2.83. The lowest BCUT2D eigenvalue weighted by Crippen LogP contribution is -2.31. The molecule has 1 heterocycles. The number of fused-ring (bicyclic) bond motifs is 1. The number of carbonyl (C=O) groups excluding carboxylic acids is 1. The molecule has 0 spiro atoms. The predicted molar refractivity (Wildman–Crippen MR) is 76.6 cm³/mol. The zero-order valence-electron chi connectivity index (χ0n) is 11.4. The van der Waals surface area contributed by atoms with E-state index in [9.17, 15) is 4.79 Å². The summed E-state index contributed by atoms with van der Waals surface area (Å²) in [5, 5.41) is 0. The Bertz CT molecular complexity index is 741. The molecule has 0 bridgehead atoms. The Morgan fingerprint density at radius 3 is 2.50 bits per heavy atom. The van der Waals surface area contributed by atoms with Crippen LogP contribution in [0, 0.1) is 0 Å². The van der Waals surface area contributed by atoms with Gasteiger partial charge in [0.05, 0.1) is 6.42 Å². The first-order chi connectivity index (χ1) is 9.78. The number of carbonyl (C=O) groups is 1. The number of oxazole rings is 1. The number of aryl methyl sites for hydroxylation is 3. The zero-order valence-corrected chi connectivity index (χ0v) is 11.4. The normalized spacial score (nSPS) is 10.8. The van der Waals surface area contributed by atoms with Gasteiger partial charge in [0.1, 0.15) is 13.3 Å². The number of benzene rings is 2. The predicted octanol–water partition coefficient (Wildman–Crippen LogP) is 2.86. The van der Waals surface area contributed by atoms with Crippen molar-refractivity contribution in [2.24, 2.45) is 7.05 Å². The molecule has 3 heteroatoms. The van der Waals surface area contributed by atoms with Crippen LogP contribution in [0.3, 0.4) is 0 Å². The van der Waals surface area contributed by atoms with Crippen LogP contribution in [-0.4, -0.2) is 6.29 Å².